The van der Waals surface area contributed by atoms with Gasteiger partial charge in [-0.2, -0.15) is 0 Å². The highest BCUT2D eigenvalue weighted by molar-refractivity contribution is 5.21. The van der Waals surface area contributed by atoms with Crippen LogP contribution in [0.3, 0.4) is 0 Å². The van der Waals surface area contributed by atoms with Crippen molar-refractivity contribution in [3.8, 4) is 0 Å². The number of hydrogen-bond donors (Lipinski definition) is 1. The van der Waals surface area contributed by atoms with Crippen LogP contribution in [0.2, 0.25) is 0 Å². The first kappa shape index (κ1) is 13.5. The average Bonchev–Trinajstić information content (AvgIpc) is 2.60. The molecule has 1 aromatic rings. The van der Waals surface area contributed by atoms with Gasteiger partial charge in [0.2, 0.25) is 0 Å². The normalized spacial score (nSPS) is 24.8. The van der Waals surface area contributed by atoms with Crippen molar-refractivity contribution in [3.05, 3.63) is 35.4 Å². The lowest BCUT2D eigenvalue weighted by atomic mass is 9.84. The van der Waals surface area contributed by atoms with Gasteiger partial charge in [-0.1, -0.05) is 19.8 Å². The molecule has 0 saturated carbocycles. The zero-order valence-corrected chi connectivity index (χ0v) is 10.9. The molecule has 0 aromatic heterocycles. The summed E-state index contributed by atoms with van der Waals surface area (Å²) in [4.78, 5) is 0. The van der Waals surface area contributed by atoms with Crippen molar-refractivity contribution in [1.82, 2.24) is 5.32 Å². The molecule has 1 nitrogen and oxygen atoms in total. The maximum absolute atomic E-state index is 13.7. The van der Waals surface area contributed by atoms with Crippen LogP contribution in [-0.2, 0) is 6.42 Å². The average molecular weight is 253 g/mol. The molecule has 1 aliphatic heterocycles. The molecule has 0 aliphatic carbocycles. The zero-order chi connectivity index (χ0) is 13.0. The van der Waals surface area contributed by atoms with E-state index in [0.717, 1.165) is 25.8 Å². The van der Waals surface area contributed by atoms with Crippen LogP contribution in [0.4, 0.5) is 8.78 Å². The van der Waals surface area contributed by atoms with E-state index in [0.29, 0.717) is 12.0 Å². The second kappa shape index (κ2) is 5.79. The molecule has 1 unspecified atom stereocenters. The fourth-order valence-corrected chi connectivity index (χ4v) is 2.83. The molecule has 1 saturated heterocycles. The van der Waals surface area contributed by atoms with Gasteiger partial charge in [0.1, 0.15) is 11.6 Å². The SMILES string of the molecule is CCC1(Cc2cc(F)ccc2F)CCCCCN1. The highest BCUT2D eigenvalue weighted by Gasteiger charge is 2.29. The molecule has 0 bridgehead atoms. The van der Waals surface area contributed by atoms with Crippen molar-refractivity contribution in [2.75, 3.05) is 6.54 Å². The largest absolute Gasteiger partial charge is 0.311 e. The molecule has 1 fully saturated rings. The zero-order valence-electron chi connectivity index (χ0n) is 10.9. The summed E-state index contributed by atoms with van der Waals surface area (Å²) in [5, 5.41) is 3.55. The molecule has 2 rings (SSSR count). The van der Waals surface area contributed by atoms with Gasteiger partial charge in [-0.3, -0.25) is 0 Å². The van der Waals surface area contributed by atoms with Gasteiger partial charge in [0, 0.05) is 5.54 Å². The van der Waals surface area contributed by atoms with E-state index in [4.69, 9.17) is 0 Å². The van der Waals surface area contributed by atoms with Gasteiger partial charge < -0.3 is 5.32 Å². The Labute approximate surface area is 108 Å². The summed E-state index contributed by atoms with van der Waals surface area (Å²) in [6.45, 7) is 3.10. The van der Waals surface area contributed by atoms with Crippen LogP contribution in [0, 0.1) is 11.6 Å². The maximum atomic E-state index is 13.7. The van der Waals surface area contributed by atoms with E-state index in [1.54, 1.807) is 0 Å². The molecular formula is C15H21F2N. The van der Waals surface area contributed by atoms with Crippen molar-refractivity contribution in [2.24, 2.45) is 0 Å². The topological polar surface area (TPSA) is 12.0 Å². The van der Waals surface area contributed by atoms with E-state index < -0.39 is 0 Å². The number of hydrogen-bond acceptors (Lipinski definition) is 1. The smallest absolute Gasteiger partial charge is 0.126 e. The predicted octanol–water partition coefficient (Wildman–Crippen LogP) is 3.82. The van der Waals surface area contributed by atoms with Crippen molar-refractivity contribution in [1.29, 1.82) is 0 Å². The summed E-state index contributed by atoms with van der Waals surface area (Å²) < 4.78 is 27.0. The molecule has 1 atom stereocenters. The van der Waals surface area contributed by atoms with Gasteiger partial charge in [-0.05, 0) is 56.0 Å². The van der Waals surface area contributed by atoms with Gasteiger partial charge in [0.15, 0.2) is 0 Å². The first-order chi connectivity index (χ1) is 8.65. The summed E-state index contributed by atoms with van der Waals surface area (Å²) in [5.74, 6) is -0.651. The number of benzene rings is 1. The Balaban J connectivity index is 2.20. The molecule has 1 heterocycles. The van der Waals surface area contributed by atoms with Gasteiger partial charge in [0.05, 0.1) is 0 Å². The molecular weight excluding hydrogens is 232 g/mol. The van der Waals surface area contributed by atoms with E-state index in [9.17, 15) is 8.78 Å². The first-order valence-corrected chi connectivity index (χ1v) is 6.84. The van der Waals surface area contributed by atoms with Crippen molar-refractivity contribution < 1.29 is 8.78 Å². The molecule has 1 aliphatic rings. The van der Waals surface area contributed by atoms with Crippen LogP contribution < -0.4 is 5.32 Å². The second-order valence-electron chi connectivity index (χ2n) is 5.28. The molecule has 0 spiro atoms. The lowest BCUT2D eigenvalue weighted by Crippen LogP contribution is -2.46. The van der Waals surface area contributed by atoms with E-state index in [-0.39, 0.29) is 17.2 Å². The van der Waals surface area contributed by atoms with E-state index in [1.807, 2.05) is 0 Å². The molecule has 0 amide bonds. The highest BCUT2D eigenvalue weighted by atomic mass is 19.1. The number of rotatable bonds is 3. The quantitative estimate of drug-likeness (QED) is 0.863. The Bertz CT molecular complexity index is 395. The summed E-state index contributed by atoms with van der Waals surface area (Å²) in [5.41, 5.74) is 0.428. The standard InChI is InChI=1S/C15H21F2N/c1-2-15(8-4-3-5-9-18-15)11-12-10-13(16)6-7-14(12)17/h6-7,10,18H,2-5,8-9,11H2,1H3. The molecule has 18 heavy (non-hydrogen) atoms. The number of halogens is 2. The molecule has 100 valence electrons. The van der Waals surface area contributed by atoms with Gasteiger partial charge in [-0.15, -0.1) is 0 Å². The fourth-order valence-electron chi connectivity index (χ4n) is 2.83. The summed E-state index contributed by atoms with van der Waals surface area (Å²) in [6.07, 6.45) is 6.13. The lowest BCUT2D eigenvalue weighted by Gasteiger charge is -2.33. The van der Waals surface area contributed by atoms with Crippen LogP contribution in [0.25, 0.3) is 0 Å². The molecule has 1 aromatic carbocycles. The number of nitrogens with one attached hydrogen (secondary N) is 1. The Hall–Kier alpha value is -0.960. The minimum absolute atomic E-state index is 0.0644. The van der Waals surface area contributed by atoms with Crippen LogP contribution in [0.1, 0.15) is 44.6 Å². The van der Waals surface area contributed by atoms with Crippen LogP contribution >= 0.6 is 0 Å². The first-order valence-electron chi connectivity index (χ1n) is 6.84. The summed E-state index contributed by atoms with van der Waals surface area (Å²) in [7, 11) is 0. The minimum atomic E-state index is -0.355. The maximum Gasteiger partial charge on any atom is 0.126 e. The van der Waals surface area contributed by atoms with Gasteiger partial charge in [0.25, 0.3) is 0 Å². The highest BCUT2D eigenvalue weighted by Crippen LogP contribution is 2.27. The predicted molar refractivity (Wildman–Crippen MR) is 69.6 cm³/mol. The third-order valence-electron chi connectivity index (χ3n) is 4.05. The molecule has 0 radical (unpaired) electrons. The van der Waals surface area contributed by atoms with E-state index in [1.165, 1.54) is 31.0 Å². The van der Waals surface area contributed by atoms with Crippen LogP contribution in [-0.4, -0.2) is 12.1 Å². The third kappa shape index (κ3) is 3.08. The van der Waals surface area contributed by atoms with Crippen LogP contribution in [0.15, 0.2) is 18.2 Å². The van der Waals surface area contributed by atoms with Crippen molar-refractivity contribution >= 4 is 0 Å². The second-order valence-corrected chi connectivity index (χ2v) is 5.28. The summed E-state index contributed by atoms with van der Waals surface area (Å²) >= 11 is 0. The van der Waals surface area contributed by atoms with E-state index in [2.05, 4.69) is 12.2 Å². The van der Waals surface area contributed by atoms with Crippen molar-refractivity contribution in [3.63, 3.8) is 0 Å². The van der Waals surface area contributed by atoms with E-state index >= 15 is 0 Å². The Morgan fingerprint density at radius 3 is 2.83 bits per heavy atom. The minimum Gasteiger partial charge on any atom is -0.311 e. The Morgan fingerprint density at radius 1 is 1.22 bits per heavy atom. The van der Waals surface area contributed by atoms with Gasteiger partial charge >= 0.3 is 0 Å². The Kier molecular flexibility index (Phi) is 4.33. The Morgan fingerprint density at radius 2 is 2.06 bits per heavy atom. The molecule has 3 heteroatoms. The third-order valence-corrected chi connectivity index (χ3v) is 4.05. The lowest BCUT2D eigenvalue weighted by molar-refractivity contribution is 0.298. The summed E-state index contributed by atoms with van der Waals surface area (Å²) in [6, 6.07) is 3.74. The van der Waals surface area contributed by atoms with Gasteiger partial charge in [-0.25, -0.2) is 8.78 Å². The fraction of sp³-hybridized carbons (Fsp3) is 0.600. The monoisotopic (exact) mass is 253 g/mol. The van der Waals surface area contributed by atoms with Crippen molar-refractivity contribution in [2.45, 2.75) is 51.0 Å². The molecule has 1 N–H and O–H groups in total. The van der Waals surface area contributed by atoms with Crippen LogP contribution in [0.5, 0.6) is 0 Å².